The maximum Gasteiger partial charge on any atom is 0.212 e. The standard InChI is InChI=1S/C10H16N2O2.ClH/c1-14-10-5-4-8(7-12-10)9(11)3-2-6-13;/h4-5,7,9,13H,2-3,6,11H2,1H3;1H/t9-;/m0./s1. The van der Waals surface area contributed by atoms with Crippen LogP contribution >= 0.6 is 12.4 Å². The zero-order valence-corrected chi connectivity index (χ0v) is 9.54. The van der Waals surface area contributed by atoms with Gasteiger partial charge in [-0.05, 0) is 18.4 Å². The number of nitrogens with zero attached hydrogens (tertiary/aromatic N) is 1. The number of hydrogen-bond donors (Lipinski definition) is 2. The smallest absolute Gasteiger partial charge is 0.212 e. The Morgan fingerprint density at radius 1 is 1.53 bits per heavy atom. The van der Waals surface area contributed by atoms with E-state index in [2.05, 4.69) is 4.98 Å². The van der Waals surface area contributed by atoms with Crippen molar-refractivity contribution in [3.63, 3.8) is 0 Å². The van der Waals surface area contributed by atoms with Crippen LogP contribution in [-0.2, 0) is 0 Å². The lowest BCUT2D eigenvalue weighted by atomic mass is 10.1. The maximum atomic E-state index is 8.65. The molecule has 5 heteroatoms. The zero-order chi connectivity index (χ0) is 10.4. The van der Waals surface area contributed by atoms with Crippen molar-refractivity contribution in [2.24, 2.45) is 5.73 Å². The van der Waals surface area contributed by atoms with Crippen LogP contribution < -0.4 is 10.5 Å². The summed E-state index contributed by atoms with van der Waals surface area (Å²) in [6, 6.07) is 3.63. The third-order valence-electron chi connectivity index (χ3n) is 2.07. The number of pyridine rings is 1. The molecule has 4 nitrogen and oxygen atoms in total. The molecule has 1 aromatic rings. The average molecular weight is 233 g/mol. The predicted molar refractivity (Wildman–Crippen MR) is 61.3 cm³/mol. The molecule has 3 N–H and O–H groups in total. The minimum Gasteiger partial charge on any atom is -0.481 e. The van der Waals surface area contributed by atoms with E-state index in [1.165, 1.54) is 0 Å². The van der Waals surface area contributed by atoms with Gasteiger partial charge >= 0.3 is 0 Å². The van der Waals surface area contributed by atoms with Gasteiger partial charge < -0.3 is 15.6 Å². The number of halogens is 1. The van der Waals surface area contributed by atoms with Gasteiger partial charge in [-0.2, -0.15) is 0 Å². The van der Waals surface area contributed by atoms with Crippen molar-refractivity contribution in [3.8, 4) is 5.88 Å². The van der Waals surface area contributed by atoms with Crippen LogP contribution in [0, 0.1) is 0 Å². The number of aliphatic hydroxyl groups is 1. The van der Waals surface area contributed by atoms with Gasteiger partial charge in [0.2, 0.25) is 5.88 Å². The molecule has 1 atom stereocenters. The summed E-state index contributed by atoms with van der Waals surface area (Å²) in [5.41, 5.74) is 6.85. The molecule has 0 unspecified atom stereocenters. The SMILES string of the molecule is COc1ccc([C@@H](N)CCCO)cn1.Cl. The summed E-state index contributed by atoms with van der Waals surface area (Å²) < 4.78 is 4.94. The van der Waals surface area contributed by atoms with Gasteiger partial charge in [0.1, 0.15) is 0 Å². The molecule has 0 saturated heterocycles. The minimum atomic E-state index is -0.0550. The van der Waals surface area contributed by atoms with Gasteiger partial charge in [0, 0.05) is 24.9 Å². The van der Waals surface area contributed by atoms with Crippen LogP contribution in [0.25, 0.3) is 0 Å². The van der Waals surface area contributed by atoms with E-state index < -0.39 is 0 Å². The molecule has 0 saturated carbocycles. The molecule has 0 fully saturated rings. The average Bonchev–Trinajstić information content (AvgIpc) is 2.26. The van der Waals surface area contributed by atoms with Crippen molar-refractivity contribution >= 4 is 12.4 Å². The second-order valence-corrected chi connectivity index (χ2v) is 3.11. The highest BCUT2D eigenvalue weighted by atomic mass is 35.5. The van der Waals surface area contributed by atoms with Gasteiger partial charge in [0.25, 0.3) is 0 Å². The molecule has 1 heterocycles. The molecule has 0 aromatic carbocycles. The topological polar surface area (TPSA) is 68.4 Å². The van der Waals surface area contributed by atoms with Crippen LogP contribution in [0.4, 0.5) is 0 Å². The van der Waals surface area contributed by atoms with E-state index in [0.29, 0.717) is 12.3 Å². The Hall–Kier alpha value is -0.840. The summed E-state index contributed by atoms with van der Waals surface area (Å²) in [5, 5.41) is 8.65. The fraction of sp³-hybridized carbons (Fsp3) is 0.500. The first-order valence-corrected chi connectivity index (χ1v) is 4.64. The largest absolute Gasteiger partial charge is 0.481 e. The van der Waals surface area contributed by atoms with Crippen molar-refractivity contribution in [2.45, 2.75) is 18.9 Å². The Kier molecular flexibility index (Phi) is 7.03. The summed E-state index contributed by atoms with van der Waals surface area (Å²) in [4.78, 5) is 4.06. The van der Waals surface area contributed by atoms with Gasteiger partial charge in [0.05, 0.1) is 7.11 Å². The van der Waals surface area contributed by atoms with Crippen LogP contribution in [-0.4, -0.2) is 23.8 Å². The van der Waals surface area contributed by atoms with E-state index in [1.807, 2.05) is 6.07 Å². The molecule has 1 aromatic heterocycles. The molecule has 0 aliphatic heterocycles. The normalized spacial score (nSPS) is 11.7. The van der Waals surface area contributed by atoms with Crippen LogP contribution in [0.1, 0.15) is 24.4 Å². The molecule has 86 valence electrons. The molecule has 0 spiro atoms. The van der Waals surface area contributed by atoms with E-state index in [1.54, 1.807) is 19.4 Å². The monoisotopic (exact) mass is 232 g/mol. The highest BCUT2D eigenvalue weighted by molar-refractivity contribution is 5.85. The number of aromatic nitrogens is 1. The van der Waals surface area contributed by atoms with E-state index in [0.717, 1.165) is 12.0 Å². The molecule has 1 rings (SSSR count). The second kappa shape index (κ2) is 7.45. The number of nitrogens with two attached hydrogens (primary N) is 1. The summed E-state index contributed by atoms with van der Waals surface area (Å²) in [6.07, 6.45) is 3.19. The van der Waals surface area contributed by atoms with Crippen LogP contribution in [0.5, 0.6) is 5.88 Å². The third kappa shape index (κ3) is 4.46. The summed E-state index contributed by atoms with van der Waals surface area (Å²) in [6.45, 7) is 0.178. The third-order valence-corrected chi connectivity index (χ3v) is 2.07. The summed E-state index contributed by atoms with van der Waals surface area (Å²) >= 11 is 0. The van der Waals surface area contributed by atoms with Crippen molar-refractivity contribution in [2.75, 3.05) is 13.7 Å². The summed E-state index contributed by atoms with van der Waals surface area (Å²) in [7, 11) is 1.58. The fourth-order valence-electron chi connectivity index (χ4n) is 1.21. The highest BCUT2D eigenvalue weighted by Gasteiger charge is 2.05. The van der Waals surface area contributed by atoms with E-state index in [9.17, 15) is 0 Å². The zero-order valence-electron chi connectivity index (χ0n) is 8.72. The lowest BCUT2D eigenvalue weighted by Gasteiger charge is -2.10. The second-order valence-electron chi connectivity index (χ2n) is 3.11. The summed E-state index contributed by atoms with van der Waals surface area (Å²) in [5.74, 6) is 0.586. The predicted octanol–water partition coefficient (Wildman–Crippen LogP) is 1.28. The molecule has 0 aliphatic carbocycles. The number of rotatable bonds is 5. The van der Waals surface area contributed by atoms with E-state index in [4.69, 9.17) is 15.6 Å². The number of aliphatic hydroxyl groups excluding tert-OH is 1. The molecule has 15 heavy (non-hydrogen) atoms. The lowest BCUT2D eigenvalue weighted by Crippen LogP contribution is -2.11. The van der Waals surface area contributed by atoms with Crippen LogP contribution in [0.3, 0.4) is 0 Å². The van der Waals surface area contributed by atoms with Gasteiger partial charge in [-0.25, -0.2) is 4.98 Å². The minimum absolute atomic E-state index is 0. The molecular formula is C10H17ClN2O2. The van der Waals surface area contributed by atoms with Gasteiger partial charge in [-0.3, -0.25) is 0 Å². The van der Waals surface area contributed by atoms with Gasteiger partial charge in [-0.1, -0.05) is 6.07 Å². The number of hydrogen-bond acceptors (Lipinski definition) is 4. The quantitative estimate of drug-likeness (QED) is 0.803. The Morgan fingerprint density at radius 2 is 2.27 bits per heavy atom. The van der Waals surface area contributed by atoms with Crippen molar-refractivity contribution < 1.29 is 9.84 Å². The first-order valence-electron chi connectivity index (χ1n) is 4.64. The van der Waals surface area contributed by atoms with Crippen molar-refractivity contribution in [1.82, 2.24) is 4.98 Å². The number of ether oxygens (including phenoxy) is 1. The van der Waals surface area contributed by atoms with Crippen molar-refractivity contribution in [3.05, 3.63) is 23.9 Å². The molecule has 0 amide bonds. The molecular weight excluding hydrogens is 216 g/mol. The van der Waals surface area contributed by atoms with E-state index >= 15 is 0 Å². The number of methoxy groups -OCH3 is 1. The molecule has 0 bridgehead atoms. The fourth-order valence-corrected chi connectivity index (χ4v) is 1.21. The van der Waals surface area contributed by atoms with Crippen LogP contribution in [0.15, 0.2) is 18.3 Å². The maximum absolute atomic E-state index is 8.65. The highest BCUT2D eigenvalue weighted by Crippen LogP contribution is 2.16. The van der Waals surface area contributed by atoms with Gasteiger partial charge in [-0.15, -0.1) is 12.4 Å². The lowest BCUT2D eigenvalue weighted by molar-refractivity contribution is 0.280. The van der Waals surface area contributed by atoms with Crippen LogP contribution in [0.2, 0.25) is 0 Å². The first-order chi connectivity index (χ1) is 6.77. The molecule has 0 aliphatic rings. The first kappa shape index (κ1) is 14.2. The Bertz CT molecular complexity index is 267. The van der Waals surface area contributed by atoms with Gasteiger partial charge in [0.15, 0.2) is 0 Å². The Balaban J connectivity index is 0.00000196. The Morgan fingerprint density at radius 3 is 2.73 bits per heavy atom. The van der Waals surface area contributed by atoms with E-state index in [-0.39, 0.29) is 25.1 Å². The Labute approximate surface area is 95.9 Å². The van der Waals surface area contributed by atoms with Crippen molar-refractivity contribution in [1.29, 1.82) is 0 Å². The molecule has 0 radical (unpaired) electrons.